The molecule has 0 aromatic heterocycles. The van der Waals surface area contributed by atoms with Crippen LogP contribution in [-0.2, 0) is 0 Å². The van der Waals surface area contributed by atoms with E-state index in [0.29, 0.717) is 11.5 Å². The summed E-state index contributed by atoms with van der Waals surface area (Å²) in [6.07, 6.45) is 1.64. The molecule has 0 spiro atoms. The van der Waals surface area contributed by atoms with Crippen LogP contribution in [0.4, 0.5) is 0 Å². The van der Waals surface area contributed by atoms with Crippen molar-refractivity contribution >= 4 is 22.1 Å². The molecule has 0 bridgehead atoms. The van der Waals surface area contributed by atoms with E-state index < -0.39 is 0 Å². The Morgan fingerprint density at radius 3 is 2.56 bits per heavy atom. The number of hydrazone groups is 1. The molecule has 4 nitrogen and oxygen atoms in total. The Balaban J connectivity index is 3.15. The van der Waals surface area contributed by atoms with Crippen LogP contribution in [0, 0.1) is 0 Å². The minimum atomic E-state index is 0.0924. The van der Waals surface area contributed by atoms with Crippen molar-refractivity contribution < 1.29 is 9.47 Å². The third kappa shape index (κ3) is 3.13. The molecular weight excluding hydrogens is 272 g/mol. The van der Waals surface area contributed by atoms with E-state index in [1.165, 1.54) is 0 Å². The van der Waals surface area contributed by atoms with Gasteiger partial charge in [-0.05, 0) is 41.9 Å². The van der Waals surface area contributed by atoms with E-state index in [-0.39, 0.29) is 6.10 Å². The predicted octanol–water partition coefficient (Wildman–Crippen LogP) is 2.54. The number of hydrogen-bond donors (Lipinski definition) is 1. The zero-order valence-electron chi connectivity index (χ0n) is 9.53. The summed E-state index contributed by atoms with van der Waals surface area (Å²) in [5, 5.41) is 3.48. The van der Waals surface area contributed by atoms with Gasteiger partial charge >= 0.3 is 0 Å². The molecule has 0 fully saturated rings. The molecule has 88 valence electrons. The van der Waals surface area contributed by atoms with E-state index in [1.807, 2.05) is 26.0 Å². The fourth-order valence-corrected chi connectivity index (χ4v) is 1.66. The van der Waals surface area contributed by atoms with Gasteiger partial charge in [0, 0.05) is 10.0 Å². The van der Waals surface area contributed by atoms with Crippen molar-refractivity contribution in [3.8, 4) is 11.5 Å². The lowest BCUT2D eigenvalue weighted by Gasteiger charge is -2.14. The largest absolute Gasteiger partial charge is 0.493 e. The number of nitrogens with two attached hydrogens (primary N) is 1. The molecule has 1 rings (SSSR count). The summed E-state index contributed by atoms with van der Waals surface area (Å²) in [4.78, 5) is 0. The van der Waals surface area contributed by atoms with Gasteiger partial charge in [-0.25, -0.2) is 0 Å². The number of methoxy groups -OCH3 is 1. The maximum absolute atomic E-state index is 5.62. The average molecular weight is 287 g/mol. The van der Waals surface area contributed by atoms with Crippen molar-refractivity contribution in [3.05, 3.63) is 22.2 Å². The zero-order chi connectivity index (χ0) is 12.1. The normalized spacial score (nSPS) is 11.1. The SMILES string of the molecule is COc1cc(C=NN)c(Br)cc1OC(C)C. The topological polar surface area (TPSA) is 56.8 Å². The second-order valence-corrected chi connectivity index (χ2v) is 4.32. The number of benzene rings is 1. The molecule has 1 aromatic carbocycles. The van der Waals surface area contributed by atoms with E-state index in [1.54, 1.807) is 13.3 Å². The minimum Gasteiger partial charge on any atom is -0.493 e. The summed E-state index contributed by atoms with van der Waals surface area (Å²) in [7, 11) is 1.60. The number of ether oxygens (including phenoxy) is 2. The highest BCUT2D eigenvalue weighted by Crippen LogP contribution is 2.33. The molecule has 0 atom stereocenters. The number of rotatable bonds is 4. The Morgan fingerprint density at radius 2 is 2.06 bits per heavy atom. The summed E-state index contributed by atoms with van der Waals surface area (Å²) < 4.78 is 11.7. The summed E-state index contributed by atoms with van der Waals surface area (Å²) in [5.41, 5.74) is 0.843. The molecule has 0 amide bonds. The van der Waals surface area contributed by atoms with Gasteiger partial charge in [-0.15, -0.1) is 0 Å². The second-order valence-electron chi connectivity index (χ2n) is 3.47. The quantitative estimate of drug-likeness (QED) is 0.526. The highest BCUT2D eigenvalue weighted by molar-refractivity contribution is 9.10. The predicted molar refractivity (Wildman–Crippen MR) is 68.2 cm³/mol. The Morgan fingerprint density at radius 1 is 1.38 bits per heavy atom. The Kier molecular flexibility index (Phi) is 4.61. The third-order valence-corrected chi connectivity index (χ3v) is 2.55. The number of nitrogens with zero attached hydrogens (tertiary/aromatic N) is 1. The van der Waals surface area contributed by atoms with Crippen LogP contribution >= 0.6 is 15.9 Å². The van der Waals surface area contributed by atoms with Gasteiger partial charge in [-0.3, -0.25) is 0 Å². The van der Waals surface area contributed by atoms with E-state index in [2.05, 4.69) is 21.0 Å². The lowest BCUT2D eigenvalue weighted by atomic mass is 10.2. The van der Waals surface area contributed by atoms with Crippen molar-refractivity contribution in [2.45, 2.75) is 20.0 Å². The zero-order valence-corrected chi connectivity index (χ0v) is 11.1. The lowest BCUT2D eigenvalue weighted by Crippen LogP contribution is -2.07. The van der Waals surface area contributed by atoms with Gasteiger partial charge in [0.1, 0.15) is 0 Å². The molecule has 16 heavy (non-hydrogen) atoms. The van der Waals surface area contributed by atoms with Crippen LogP contribution in [0.2, 0.25) is 0 Å². The van der Waals surface area contributed by atoms with Crippen LogP contribution in [0.15, 0.2) is 21.7 Å². The molecule has 5 heteroatoms. The molecular formula is C11H15BrN2O2. The van der Waals surface area contributed by atoms with Gasteiger partial charge in [0.15, 0.2) is 11.5 Å². The Hall–Kier alpha value is -1.23. The fraction of sp³-hybridized carbons (Fsp3) is 0.364. The highest BCUT2D eigenvalue weighted by Gasteiger charge is 2.10. The molecule has 2 N–H and O–H groups in total. The molecule has 0 aliphatic rings. The summed E-state index contributed by atoms with van der Waals surface area (Å²) >= 11 is 3.42. The Labute approximate surface area is 104 Å². The first-order chi connectivity index (χ1) is 7.58. The van der Waals surface area contributed by atoms with Gasteiger partial charge in [0.05, 0.1) is 19.4 Å². The smallest absolute Gasteiger partial charge is 0.162 e. The lowest BCUT2D eigenvalue weighted by molar-refractivity contribution is 0.230. The first kappa shape index (κ1) is 12.8. The van der Waals surface area contributed by atoms with Gasteiger partial charge in [-0.2, -0.15) is 5.10 Å². The molecule has 0 saturated carbocycles. The molecule has 0 saturated heterocycles. The van der Waals surface area contributed by atoms with Gasteiger partial charge in [-0.1, -0.05) is 0 Å². The Bertz CT molecular complexity index is 392. The number of hydrogen-bond acceptors (Lipinski definition) is 4. The second kappa shape index (κ2) is 5.75. The van der Waals surface area contributed by atoms with E-state index in [9.17, 15) is 0 Å². The van der Waals surface area contributed by atoms with Crippen LogP contribution in [0.5, 0.6) is 11.5 Å². The van der Waals surface area contributed by atoms with Crippen molar-refractivity contribution in [2.75, 3.05) is 7.11 Å². The molecule has 0 unspecified atom stereocenters. The van der Waals surface area contributed by atoms with Crippen molar-refractivity contribution in [3.63, 3.8) is 0 Å². The van der Waals surface area contributed by atoms with Crippen LogP contribution in [0.3, 0.4) is 0 Å². The summed E-state index contributed by atoms with van der Waals surface area (Å²) in [6.45, 7) is 3.92. The monoisotopic (exact) mass is 286 g/mol. The summed E-state index contributed by atoms with van der Waals surface area (Å²) in [6, 6.07) is 3.66. The van der Waals surface area contributed by atoms with E-state index in [0.717, 1.165) is 10.0 Å². The van der Waals surface area contributed by atoms with Gasteiger partial charge in [0.2, 0.25) is 0 Å². The number of halogens is 1. The first-order valence-electron chi connectivity index (χ1n) is 4.86. The molecule has 0 radical (unpaired) electrons. The van der Waals surface area contributed by atoms with Crippen LogP contribution < -0.4 is 15.3 Å². The maximum Gasteiger partial charge on any atom is 0.162 e. The van der Waals surface area contributed by atoms with Gasteiger partial charge in [0.25, 0.3) is 0 Å². The van der Waals surface area contributed by atoms with Crippen molar-refractivity contribution in [2.24, 2.45) is 10.9 Å². The first-order valence-corrected chi connectivity index (χ1v) is 5.65. The molecule has 0 aliphatic heterocycles. The minimum absolute atomic E-state index is 0.0924. The maximum atomic E-state index is 5.62. The molecule has 0 aliphatic carbocycles. The molecule has 0 heterocycles. The highest BCUT2D eigenvalue weighted by atomic mass is 79.9. The average Bonchev–Trinajstić information content (AvgIpc) is 2.21. The fourth-order valence-electron chi connectivity index (χ4n) is 1.24. The van der Waals surface area contributed by atoms with Gasteiger partial charge < -0.3 is 15.3 Å². The molecule has 1 aromatic rings. The van der Waals surface area contributed by atoms with Crippen molar-refractivity contribution in [1.82, 2.24) is 0 Å². The van der Waals surface area contributed by atoms with E-state index >= 15 is 0 Å². The third-order valence-electron chi connectivity index (χ3n) is 1.86. The van der Waals surface area contributed by atoms with E-state index in [4.69, 9.17) is 15.3 Å². The van der Waals surface area contributed by atoms with Crippen LogP contribution in [0.1, 0.15) is 19.4 Å². The van der Waals surface area contributed by atoms with Crippen LogP contribution in [-0.4, -0.2) is 19.4 Å². The van der Waals surface area contributed by atoms with Crippen molar-refractivity contribution in [1.29, 1.82) is 0 Å². The summed E-state index contributed by atoms with van der Waals surface area (Å²) in [5.74, 6) is 6.47. The van der Waals surface area contributed by atoms with Crippen LogP contribution in [0.25, 0.3) is 0 Å². The standard InChI is InChI=1S/C11H15BrN2O2/c1-7(2)16-11-5-9(12)8(6-14-13)4-10(11)15-3/h4-7H,13H2,1-3H3.